The highest BCUT2D eigenvalue weighted by molar-refractivity contribution is 6.31. The molecule has 2 heterocycles. The van der Waals surface area contributed by atoms with Gasteiger partial charge in [-0.1, -0.05) is 18.0 Å². The summed E-state index contributed by atoms with van der Waals surface area (Å²) in [5.41, 5.74) is 1.30. The first-order valence-electron chi connectivity index (χ1n) is 10.3. The molecular weight excluding hydrogens is 386 g/mol. The summed E-state index contributed by atoms with van der Waals surface area (Å²) < 4.78 is 7.50. The van der Waals surface area contributed by atoms with Crippen molar-refractivity contribution in [1.82, 2.24) is 14.5 Å². The van der Waals surface area contributed by atoms with Crippen LogP contribution in [0.3, 0.4) is 0 Å². The minimum atomic E-state index is -0.120. The molecule has 5 nitrogen and oxygen atoms in total. The van der Waals surface area contributed by atoms with Gasteiger partial charge >= 0.3 is 0 Å². The van der Waals surface area contributed by atoms with Crippen molar-refractivity contribution in [2.45, 2.75) is 32.6 Å². The molecule has 4 rings (SSSR count). The Kier molecular flexibility index (Phi) is 6.16. The predicted octanol–water partition coefficient (Wildman–Crippen LogP) is 4.60. The lowest BCUT2D eigenvalue weighted by Gasteiger charge is -2.26. The first-order chi connectivity index (χ1) is 14.1. The molecule has 1 aromatic heterocycles. The Morgan fingerprint density at radius 1 is 1.07 bits per heavy atom. The number of halogens is 1. The van der Waals surface area contributed by atoms with Gasteiger partial charge in [0, 0.05) is 11.6 Å². The second kappa shape index (κ2) is 8.97. The molecule has 1 fully saturated rings. The number of aromatic nitrogens is 2. The van der Waals surface area contributed by atoms with Crippen molar-refractivity contribution in [2.75, 3.05) is 26.2 Å². The Balaban J connectivity index is 1.44. The Bertz CT molecular complexity index is 1040. The fraction of sp³-hybridized carbons (Fsp3) is 0.391. The molecule has 1 aliphatic rings. The Labute approximate surface area is 175 Å². The summed E-state index contributed by atoms with van der Waals surface area (Å²) >= 11 is 6.06. The second-order valence-electron chi connectivity index (χ2n) is 7.56. The molecular formula is C23H26ClN3O2. The lowest BCUT2D eigenvalue weighted by atomic mass is 10.1. The maximum atomic E-state index is 13.0. The van der Waals surface area contributed by atoms with Gasteiger partial charge in [0.25, 0.3) is 5.56 Å². The molecule has 3 aromatic rings. The van der Waals surface area contributed by atoms with Crippen LogP contribution in [-0.2, 0) is 0 Å². The fourth-order valence-electron chi connectivity index (χ4n) is 3.93. The number of piperidine rings is 1. The van der Waals surface area contributed by atoms with E-state index in [1.165, 1.54) is 32.4 Å². The summed E-state index contributed by atoms with van der Waals surface area (Å²) in [6, 6.07) is 12.8. The van der Waals surface area contributed by atoms with Crippen LogP contribution in [-0.4, -0.2) is 40.7 Å². The number of ether oxygens (including phenoxy) is 1. The van der Waals surface area contributed by atoms with Crippen LogP contribution in [0.1, 0.15) is 31.5 Å². The minimum Gasteiger partial charge on any atom is -0.494 e. The molecule has 1 saturated heterocycles. The summed E-state index contributed by atoms with van der Waals surface area (Å²) in [5, 5.41) is 1.04. The van der Waals surface area contributed by atoms with E-state index in [1.54, 1.807) is 22.8 Å². The van der Waals surface area contributed by atoms with Gasteiger partial charge in [0.2, 0.25) is 0 Å². The van der Waals surface area contributed by atoms with Crippen molar-refractivity contribution >= 4 is 22.5 Å². The number of aryl methyl sites for hydroxylation is 1. The van der Waals surface area contributed by atoms with Gasteiger partial charge in [0.05, 0.1) is 23.2 Å². The SMILES string of the molecule is Cc1nc2ccc(Cl)cc2c(=O)n1-c1ccc(OCCCN2CCCCC2)cc1. The van der Waals surface area contributed by atoms with Crippen molar-refractivity contribution in [2.24, 2.45) is 0 Å². The van der Waals surface area contributed by atoms with Crippen LogP contribution >= 0.6 is 11.6 Å². The van der Waals surface area contributed by atoms with E-state index in [-0.39, 0.29) is 5.56 Å². The molecule has 0 atom stereocenters. The molecule has 2 aromatic carbocycles. The van der Waals surface area contributed by atoms with E-state index in [0.717, 1.165) is 24.4 Å². The summed E-state index contributed by atoms with van der Waals surface area (Å²) in [5.74, 6) is 1.45. The second-order valence-corrected chi connectivity index (χ2v) is 8.00. The van der Waals surface area contributed by atoms with Crippen molar-refractivity contribution in [1.29, 1.82) is 0 Å². The Hall–Kier alpha value is -2.37. The molecule has 0 amide bonds. The van der Waals surface area contributed by atoms with Gasteiger partial charge in [-0.15, -0.1) is 0 Å². The molecule has 6 heteroatoms. The van der Waals surface area contributed by atoms with Gasteiger partial charge in [-0.3, -0.25) is 9.36 Å². The third-order valence-corrected chi connectivity index (χ3v) is 5.66. The highest BCUT2D eigenvalue weighted by Gasteiger charge is 2.11. The molecule has 152 valence electrons. The zero-order valence-electron chi connectivity index (χ0n) is 16.7. The van der Waals surface area contributed by atoms with Gasteiger partial charge in [0.15, 0.2) is 0 Å². The van der Waals surface area contributed by atoms with Gasteiger partial charge < -0.3 is 9.64 Å². The Morgan fingerprint density at radius 3 is 2.59 bits per heavy atom. The molecule has 0 radical (unpaired) electrons. The van der Waals surface area contributed by atoms with Gasteiger partial charge in [-0.2, -0.15) is 0 Å². The number of hydrogen-bond donors (Lipinski definition) is 0. The van der Waals surface area contributed by atoms with Gasteiger partial charge in [-0.25, -0.2) is 4.98 Å². The predicted molar refractivity (Wildman–Crippen MR) is 117 cm³/mol. The van der Waals surface area contributed by atoms with E-state index >= 15 is 0 Å². The van der Waals surface area contributed by atoms with E-state index in [4.69, 9.17) is 16.3 Å². The van der Waals surface area contributed by atoms with Crippen molar-refractivity contribution in [3.8, 4) is 11.4 Å². The highest BCUT2D eigenvalue weighted by Crippen LogP contribution is 2.19. The van der Waals surface area contributed by atoms with Crippen molar-refractivity contribution in [3.63, 3.8) is 0 Å². The third-order valence-electron chi connectivity index (χ3n) is 5.43. The zero-order valence-corrected chi connectivity index (χ0v) is 17.5. The number of fused-ring (bicyclic) bond motifs is 1. The number of likely N-dealkylation sites (tertiary alicyclic amines) is 1. The highest BCUT2D eigenvalue weighted by atomic mass is 35.5. The quantitative estimate of drug-likeness (QED) is 0.556. The first-order valence-corrected chi connectivity index (χ1v) is 10.6. The van der Waals surface area contributed by atoms with Crippen LogP contribution in [0.25, 0.3) is 16.6 Å². The molecule has 29 heavy (non-hydrogen) atoms. The fourth-order valence-corrected chi connectivity index (χ4v) is 4.10. The zero-order chi connectivity index (χ0) is 20.2. The van der Waals surface area contributed by atoms with E-state index in [2.05, 4.69) is 9.88 Å². The summed E-state index contributed by atoms with van der Waals surface area (Å²) in [6.07, 6.45) is 5.02. The maximum absolute atomic E-state index is 13.0. The van der Waals surface area contributed by atoms with Gasteiger partial charge in [-0.05, 0) is 81.7 Å². The van der Waals surface area contributed by atoms with Crippen LogP contribution in [0, 0.1) is 6.92 Å². The standard InChI is InChI=1S/C23H26ClN3O2/c1-17-25-22-11-6-18(24)16-21(22)23(28)27(17)19-7-9-20(10-8-19)29-15-5-14-26-12-3-2-4-13-26/h6-11,16H,2-5,12-15H2,1H3. The lowest BCUT2D eigenvalue weighted by Crippen LogP contribution is -2.31. The van der Waals surface area contributed by atoms with Gasteiger partial charge in [0.1, 0.15) is 11.6 Å². The molecule has 0 unspecified atom stereocenters. The third kappa shape index (κ3) is 4.62. The average molecular weight is 412 g/mol. The summed E-state index contributed by atoms with van der Waals surface area (Å²) in [4.78, 5) is 20.0. The Morgan fingerprint density at radius 2 is 1.83 bits per heavy atom. The van der Waals surface area contributed by atoms with E-state index in [1.807, 2.05) is 31.2 Å². The monoisotopic (exact) mass is 411 g/mol. The van der Waals surface area contributed by atoms with Crippen LogP contribution < -0.4 is 10.3 Å². The molecule has 0 bridgehead atoms. The smallest absolute Gasteiger partial charge is 0.266 e. The van der Waals surface area contributed by atoms with Crippen molar-refractivity contribution in [3.05, 3.63) is 63.7 Å². The molecule has 0 aliphatic carbocycles. The molecule has 0 N–H and O–H groups in total. The number of benzene rings is 2. The molecule has 1 aliphatic heterocycles. The summed E-state index contributed by atoms with van der Waals surface area (Å²) in [7, 11) is 0. The van der Waals surface area contributed by atoms with Crippen LogP contribution in [0.2, 0.25) is 5.02 Å². The van der Waals surface area contributed by atoms with E-state index in [9.17, 15) is 4.79 Å². The average Bonchev–Trinajstić information content (AvgIpc) is 2.74. The maximum Gasteiger partial charge on any atom is 0.266 e. The van der Waals surface area contributed by atoms with E-state index in [0.29, 0.717) is 28.4 Å². The van der Waals surface area contributed by atoms with E-state index < -0.39 is 0 Å². The first kappa shape index (κ1) is 19.9. The summed E-state index contributed by atoms with van der Waals surface area (Å²) in [6.45, 7) is 6.06. The minimum absolute atomic E-state index is 0.120. The van der Waals surface area contributed by atoms with Crippen LogP contribution in [0.15, 0.2) is 47.3 Å². The number of hydrogen-bond acceptors (Lipinski definition) is 4. The number of nitrogens with zero attached hydrogens (tertiary/aromatic N) is 3. The number of rotatable bonds is 6. The lowest BCUT2D eigenvalue weighted by molar-refractivity contribution is 0.205. The van der Waals surface area contributed by atoms with Crippen LogP contribution in [0.4, 0.5) is 0 Å². The molecule has 0 saturated carbocycles. The largest absolute Gasteiger partial charge is 0.494 e. The topological polar surface area (TPSA) is 47.4 Å². The normalized spacial score (nSPS) is 15.0. The van der Waals surface area contributed by atoms with Crippen molar-refractivity contribution < 1.29 is 4.74 Å². The van der Waals surface area contributed by atoms with Crippen LogP contribution in [0.5, 0.6) is 5.75 Å². The molecule has 0 spiro atoms.